The summed E-state index contributed by atoms with van der Waals surface area (Å²) in [4.78, 5) is 8.12. The van der Waals surface area contributed by atoms with Crippen LogP contribution in [-0.4, -0.2) is 16.6 Å². The summed E-state index contributed by atoms with van der Waals surface area (Å²) in [6.45, 7) is -2.83. The van der Waals surface area contributed by atoms with Crippen LogP contribution in [0, 0.1) is 0 Å². The minimum atomic E-state index is -2.83. The average molecular weight is 275 g/mol. The van der Waals surface area contributed by atoms with Gasteiger partial charge in [0, 0.05) is 6.07 Å². The Morgan fingerprint density at radius 3 is 2.80 bits per heavy atom. The number of alkyl halides is 2. The van der Waals surface area contributed by atoms with Gasteiger partial charge >= 0.3 is 6.61 Å². The molecule has 78 valence electrons. The van der Waals surface area contributed by atoms with Crippen molar-refractivity contribution in [1.82, 2.24) is 9.97 Å². The van der Waals surface area contributed by atoms with E-state index >= 15 is 0 Å². The van der Waals surface area contributed by atoms with Crippen LogP contribution in [0.5, 0.6) is 5.75 Å². The Morgan fingerprint density at radius 2 is 2.07 bits per heavy atom. The van der Waals surface area contributed by atoms with E-state index in [1.54, 1.807) is 6.07 Å². The maximum absolute atomic E-state index is 11.9. The fourth-order valence-electron chi connectivity index (χ4n) is 1.14. The Balaban J connectivity index is 2.43. The number of rotatable bonds is 2. The van der Waals surface area contributed by atoms with Gasteiger partial charge in [0.1, 0.15) is 10.4 Å². The molecule has 0 N–H and O–H groups in total. The molecule has 0 fully saturated rings. The first-order chi connectivity index (χ1) is 7.15. The second-order valence-corrected chi connectivity index (χ2v) is 3.53. The lowest BCUT2D eigenvalue weighted by molar-refractivity contribution is -0.0497. The molecule has 0 radical (unpaired) electrons. The molecule has 0 bridgehead atoms. The highest BCUT2D eigenvalue weighted by Crippen LogP contribution is 2.20. The zero-order valence-electron chi connectivity index (χ0n) is 7.32. The van der Waals surface area contributed by atoms with Crippen LogP contribution in [0.1, 0.15) is 0 Å². The van der Waals surface area contributed by atoms with Crippen LogP contribution in [-0.2, 0) is 0 Å². The summed E-state index contributed by atoms with van der Waals surface area (Å²) in [6.07, 6.45) is 1.49. The van der Waals surface area contributed by atoms with Gasteiger partial charge in [-0.3, -0.25) is 4.98 Å². The maximum Gasteiger partial charge on any atom is 0.387 e. The summed E-state index contributed by atoms with van der Waals surface area (Å²) >= 11 is 3.17. The van der Waals surface area contributed by atoms with Crippen molar-refractivity contribution in [3.05, 3.63) is 29.0 Å². The molecule has 2 rings (SSSR count). The summed E-state index contributed by atoms with van der Waals surface area (Å²) < 4.78 is 28.7. The fraction of sp³-hybridized carbons (Fsp3) is 0.111. The third-order valence-electron chi connectivity index (χ3n) is 1.71. The number of aromatic nitrogens is 2. The van der Waals surface area contributed by atoms with E-state index in [-0.39, 0.29) is 5.75 Å². The molecule has 1 heterocycles. The predicted octanol–water partition coefficient (Wildman–Crippen LogP) is 2.99. The number of benzene rings is 1. The van der Waals surface area contributed by atoms with Gasteiger partial charge in [-0.1, -0.05) is 0 Å². The molecule has 0 unspecified atom stereocenters. The van der Waals surface area contributed by atoms with Gasteiger partial charge in [-0.2, -0.15) is 8.78 Å². The minimum absolute atomic E-state index is 0.0779. The number of ether oxygens (including phenoxy) is 1. The van der Waals surface area contributed by atoms with Gasteiger partial charge in [-0.25, -0.2) is 4.98 Å². The number of nitrogens with zero attached hydrogens (tertiary/aromatic N) is 2. The van der Waals surface area contributed by atoms with E-state index in [0.717, 1.165) is 0 Å². The van der Waals surface area contributed by atoms with Crippen molar-refractivity contribution >= 4 is 27.0 Å². The molecule has 0 aliphatic carbocycles. The fourth-order valence-corrected chi connectivity index (χ4v) is 1.44. The Kier molecular flexibility index (Phi) is 2.77. The highest BCUT2D eigenvalue weighted by atomic mass is 79.9. The van der Waals surface area contributed by atoms with Gasteiger partial charge in [-0.15, -0.1) is 0 Å². The lowest BCUT2D eigenvalue weighted by Crippen LogP contribution is -2.01. The van der Waals surface area contributed by atoms with E-state index in [0.29, 0.717) is 15.6 Å². The maximum atomic E-state index is 11.9. The first-order valence-electron chi connectivity index (χ1n) is 4.02. The standard InChI is InChI=1S/C9H5BrF2N2O/c10-8-4-13-7-3-5(15-9(11)12)1-2-6(7)14-8/h1-4,9H. The first-order valence-corrected chi connectivity index (χ1v) is 4.81. The lowest BCUT2D eigenvalue weighted by Gasteiger charge is -2.04. The number of hydrogen-bond acceptors (Lipinski definition) is 3. The molecule has 15 heavy (non-hydrogen) atoms. The van der Waals surface area contributed by atoms with Gasteiger partial charge < -0.3 is 4.74 Å². The Labute approximate surface area is 92.2 Å². The highest BCUT2D eigenvalue weighted by Gasteiger charge is 2.05. The van der Waals surface area contributed by atoms with E-state index in [1.165, 1.54) is 18.3 Å². The molecule has 1 aromatic carbocycles. The van der Waals surface area contributed by atoms with Crippen LogP contribution >= 0.6 is 15.9 Å². The van der Waals surface area contributed by atoms with Crippen LogP contribution in [0.15, 0.2) is 29.0 Å². The second kappa shape index (κ2) is 4.06. The van der Waals surface area contributed by atoms with Crippen molar-refractivity contribution < 1.29 is 13.5 Å². The molecule has 0 spiro atoms. The molecule has 0 saturated heterocycles. The molecule has 3 nitrogen and oxygen atoms in total. The predicted molar refractivity (Wildman–Crippen MR) is 53.9 cm³/mol. The van der Waals surface area contributed by atoms with Crippen LogP contribution in [0.3, 0.4) is 0 Å². The number of fused-ring (bicyclic) bond motifs is 1. The molecular weight excluding hydrogens is 270 g/mol. The minimum Gasteiger partial charge on any atom is -0.435 e. The molecule has 0 aliphatic rings. The number of halogens is 3. The quantitative estimate of drug-likeness (QED) is 0.845. The molecule has 0 amide bonds. The molecule has 2 aromatic rings. The van der Waals surface area contributed by atoms with E-state index in [4.69, 9.17) is 0 Å². The van der Waals surface area contributed by atoms with Crippen LogP contribution < -0.4 is 4.74 Å². The van der Waals surface area contributed by atoms with Gasteiger partial charge in [0.25, 0.3) is 0 Å². The molecule has 0 saturated carbocycles. The van der Waals surface area contributed by atoms with Gasteiger partial charge in [0.2, 0.25) is 0 Å². The average Bonchev–Trinajstić information content (AvgIpc) is 2.17. The van der Waals surface area contributed by atoms with E-state index in [1.807, 2.05) is 0 Å². The van der Waals surface area contributed by atoms with Gasteiger partial charge in [-0.05, 0) is 28.1 Å². The SMILES string of the molecule is FC(F)Oc1ccc2nc(Br)cnc2c1. The monoisotopic (exact) mass is 274 g/mol. The summed E-state index contributed by atoms with van der Waals surface area (Å²) in [5, 5.41) is 0. The summed E-state index contributed by atoms with van der Waals surface area (Å²) in [6, 6.07) is 4.42. The van der Waals surface area contributed by atoms with Crippen molar-refractivity contribution in [2.24, 2.45) is 0 Å². The Bertz CT molecular complexity index is 492. The van der Waals surface area contributed by atoms with Crippen molar-refractivity contribution in [2.45, 2.75) is 6.61 Å². The summed E-state index contributed by atoms with van der Waals surface area (Å²) in [7, 11) is 0. The lowest BCUT2D eigenvalue weighted by atomic mass is 10.3. The van der Waals surface area contributed by atoms with Crippen molar-refractivity contribution in [3.8, 4) is 5.75 Å². The van der Waals surface area contributed by atoms with Crippen LogP contribution in [0.2, 0.25) is 0 Å². The van der Waals surface area contributed by atoms with Crippen molar-refractivity contribution in [3.63, 3.8) is 0 Å². The smallest absolute Gasteiger partial charge is 0.387 e. The zero-order valence-corrected chi connectivity index (χ0v) is 8.91. The molecule has 1 aromatic heterocycles. The molecule has 0 atom stereocenters. The Morgan fingerprint density at radius 1 is 1.27 bits per heavy atom. The topological polar surface area (TPSA) is 35.0 Å². The normalized spacial score (nSPS) is 10.9. The largest absolute Gasteiger partial charge is 0.435 e. The second-order valence-electron chi connectivity index (χ2n) is 2.72. The zero-order chi connectivity index (χ0) is 10.8. The van der Waals surface area contributed by atoms with Crippen molar-refractivity contribution in [1.29, 1.82) is 0 Å². The summed E-state index contributed by atoms with van der Waals surface area (Å²) in [5.74, 6) is 0.0779. The molecule has 6 heteroatoms. The van der Waals surface area contributed by atoms with E-state index in [9.17, 15) is 8.78 Å². The highest BCUT2D eigenvalue weighted by molar-refractivity contribution is 9.10. The molecular formula is C9H5BrF2N2O. The van der Waals surface area contributed by atoms with Gasteiger partial charge in [0.15, 0.2) is 0 Å². The molecule has 0 aliphatic heterocycles. The van der Waals surface area contributed by atoms with E-state index in [2.05, 4.69) is 30.6 Å². The third-order valence-corrected chi connectivity index (χ3v) is 2.09. The van der Waals surface area contributed by atoms with Crippen LogP contribution in [0.4, 0.5) is 8.78 Å². The summed E-state index contributed by atoms with van der Waals surface area (Å²) in [5.41, 5.74) is 1.13. The third kappa shape index (κ3) is 2.38. The van der Waals surface area contributed by atoms with Crippen LogP contribution in [0.25, 0.3) is 11.0 Å². The number of hydrogen-bond donors (Lipinski definition) is 0. The van der Waals surface area contributed by atoms with Gasteiger partial charge in [0.05, 0.1) is 17.2 Å². The van der Waals surface area contributed by atoms with Crippen molar-refractivity contribution in [2.75, 3.05) is 0 Å². The first kappa shape index (κ1) is 10.2. The van der Waals surface area contributed by atoms with E-state index < -0.39 is 6.61 Å². The Hall–Kier alpha value is -1.30.